The third-order valence-electron chi connectivity index (χ3n) is 3.26. The summed E-state index contributed by atoms with van der Waals surface area (Å²) in [6.07, 6.45) is -0.804. The predicted octanol–water partition coefficient (Wildman–Crippen LogP) is -1.51. The molecule has 0 aliphatic carbocycles. The number of ether oxygens (including phenoxy) is 1. The Morgan fingerprint density at radius 2 is 1.82 bits per heavy atom. The van der Waals surface area contributed by atoms with Gasteiger partial charge < -0.3 is 30.0 Å². The number of aromatic nitrogens is 2. The molecule has 2 heterocycles. The Morgan fingerprint density at radius 3 is 2.39 bits per heavy atom. The standard InChI is InChI=1S/C9H16N3O13P3/c10-5-3-8(12-2-1-7(13)11-9(12)14)23-6(5)4-22-27(18,19)25-28(20,21)24-26(15,16)17/h1-2,5-6,8H,3-4,10H2,(H,18,19)(H,20,21)(H,11,13,14)(H2,15,16,17)/t5-,6+,8+/m0/s1. The fraction of sp³-hybridized carbons (Fsp3) is 0.556. The first kappa shape index (κ1) is 23.3. The molecule has 1 aromatic rings. The zero-order valence-corrected chi connectivity index (χ0v) is 16.3. The number of phosphoric acid groups is 3. The number of hydrogen-bond acceptors (Lipinski definition) is 10. The van der Waals surface area contributed by atoms with Crippen molar-refractivity contribution in [3.8, 4) is 0 Å². The average molecular weight is 467 g/mol. The molecule has 16 nitrogen and oxygen atoms in total. The molecule has 2 rings (SSSR count). The smallest absolute Gasteiger partial charge is 0.351 e. The highest BCUT2D eigenvalue weighted by Gasteiger charge is 2.42. The minimum absolute atomic E-state index is 0.0520. The van der Waals surface area contributed by atoms with Crippen LogP contribution in [0.5, 0.6) is 0 Å². The summed E-state index contributed by atoms with van der Waals surface area (Å²) < 4.78 is 51.5. The largest absolute Gasteiger partial charge is 0.490 e. The molecule has 1 aliphatic heterocycles. The fourth-order valence-corrected chi connectivity index (χ4v) is 5.24. The van der Waals surface area contributed by atoms with E-state index in [1.807, 2.05) is 4.98 Å². The third-order valence-corrected chi connectivity index (χ3v) is 7.07. The van der Waals surface area contributed by atoms with E-state index in [0.717, 1.165) is 16.8 Å². The van der Waals surface area contributed by atoms with Crippen LogP contribution in [0.15, 0.2) is 21.9 Å². The van der Waals surface area contributed by atoms with Gasteiger partial charge >= 0.3 is 29.2 Å². The van der Waals surface area contributed by atoms with E-state index in [4.69, 9.17) is 25.2 Å². The third kappa shape index (κ3) is 6.81. The van der Waals surface area contributed by atoms with Crippen molar-refractivity contribution >= 4 is 23.5 Å². The van der Waals surface area contributed by atoms with Gasteiger partial charge in [0.05, 0.1) is 12.7 Å². The summed E-state index contributed by atoms with van der Waals surface area (Å²) in [5, 5.41) is 0. The zero-order valence-electron chi connectivity index (χ0n) is 13.6. The maximum Gasteiger partial charge on any atom is 0.490 e. The number of hydrogen-bond donors (Lipinski definition) is 6. The van der Waals surface area contributed by atoms with E-state index in [1.54, 1.807) is 0 Å². The molecule has 5 atom stereocenters. The fourth-order valence-electron chi connectivity index (χ4n) is 2.21. The van der Waals surface area contributed by atoms with Crippen molar-refractivity contribution in [2.75, 3.05) is 6.61 Å². The van der Waals surface area contributed by atoms with Gasteiger partial charge in [0.25, 0.3) is 5.56 Å². The van der Waals surface area contributed by atoms with Crippen LogP contribution in [-0.4, -0.2) is 47.9 Å². The second kappa shape index (κ2) is 8.40. The zero-order chi connectivity index (χ0) is 21.3. The van der Waals surface area contributed by atoms with E-state index in [2.05, 4.69) is 13.1 Å². The first-order chi connectivity index (χ1) is 12.7. The Balaban J connectivity index is 1.99. The van der Waals surface area contributed by atoms with Crippen LogP contribution in [0, 0.1) is 0 Å². The second-order valence-corrected chi connectivity index (χ2v) is 9.85. The number of nitrogens with zero attached hydrogens (tertiary/aromatic N) is 1. The van der Waals surface area contributed by atoms with Crippen molar-refractivity contribution in [3.63, 3.8) is 0 Å². The molecule has 0 spiro atoms. The summed E-state index contributed by atoms with van der Waals surface area (Å²) in [5.41, 5.74) is 4.38. The summed E-state index contributed by atoms with van der Waals surface area (Å²) in [5.74, 6) is 0. The van der Waals surface area contributed by atoms with Gasteiger partial charge in [-0.1, -0.05) is 0 Å². The van der Waals surface area contributed by atoms with Crippen LogP contribution in [0.1, 0.15) is 12.6 Å². The highest BCUT2D eigenvalue weighted by molar-refractivity contribution is 7.66. The molecule has 2 unspecified atom stereocenters. The maximum atomic E-state index is 11.7. The minimum atomic E-state index is -5.64. The Kier molecular flexibility index (Phi) is 6.99. The number of aromatic amines is 1. The van der Waals surface area contributed by atoms with Gasteiger partial charge in [0.1, 0.15) is 6.23 Å². The summed E-state index contributed by atoms with van der Waals surface area (Å²) in [4.78, 5) is 60.2. The first-order valence-corrected chi connectivity index (χ1v) is 11.7. The van der Waals surface area contributed by atoms with E-state index in [0.29, 0.717) is 0 Å². The summed E-state index contributed by atoms with van der Waals surface area (Å²) in [6.45, 7) is -0.751. The van der Waals surface area contributed by atoms with E-state index in [1.165, 1.54) is 0 Å². The van der Waals surface area contributed by atoms with Crippen LogP contribution in [0.25, 0.3) is 0 Å². The molecular weight excluding hydrogens is 451 g/mol. The number of nitrogens with one attached hydrogen (secondary N) is 1. The molecular formula is C9H16N3O13P3. The lowest BCUT2D eigenvalue weighted by Gasteiger charge is -2.19. The normalized spacial score (nSPS) is 27.2. The Hall–Kier alpha value is -0.990. The molecule has 28 heavy (non-hydrogen) atoms. The van der Waals surface area contributed by atoms with Crippen LogP contribution in [0.2, 0.25) is 0 Å². The van der Waals surface area contributed by atoms with Crippen LogP contribution >= 0.6 is 23.5 Å². The number of phosphoric ester groups is 1. The van der Waals surface area contributed by atoms with E-state index < -0.39 is 59.7 Å². The number of H-pyrrole nitrogens is 1. The first-order valence-electron chi connectivity index (χ1n) is 7.18. The van der Waals surface area contributed by atoms with E-state index in [9.17, 15) is 28.2 Å². The van der Waals surface area contributed by atoms with Gasteiger partial charge in [-0.25, -0.2) is 18.5 Å². The van der Waals surface area contributed by atoms with Gasteiger partial charge in [-0.05, 0) is 0 Å². The van der Waals surface area contributed by atoms with Crippen molar-refractivity contribution in [1.29, 1.82) is 0 Å². The molecule has 19 heteroatoms. The Morgan fingerprint density at radius 1 is 1.18 bits per heavy atom. The van der Waals surface area contributed by atoms with Crippen molar-refractivity contribution in [2.45, 2.75) is 24.8 Å². The molecule has 0 amide bonds. The van der Waals surface area contributed by atoms with Crippen molar-refractivity contribution < 1.29 is 51.2 Å². The predicted molar refractivity (Wildman–Crippen MR) is 87.6 cm³/mol. The van der Waals surface area contributed by atoms with E-state index in [-0.39, 0.29) is 6.42 Å². The molecule has 0 bridgehead atoms. The molecule has 0 aromatic carbocycles. The van der Waals surface area contributed by atoms with Crippen LogP contribution in [-0.2, 0) is 31.6 Å². The summed E-state index contributed by atoms with van der Waals surface area (Å²) in [6, 6.07) is 0.256. The SMILES string of the molecule is N[C@H]1C[C@H](n2ccc(=O)[nH]c2=O)O[C@@H]1COP(=O)(O)OP(=O)(O)OP(=O)(O)O. The van der Waals surface area contributed by atoms with Gasteiger partial charge in [-0.3, -0.25) is 18.9 Å². The number of nitrogens with two attached hydrogens (primary N) is 1. The maximum absolute atomic E-state index is 11.7. The van der Waals surface area contributed by atoms with Crippen LogP contribution < -0.4 is 17.0 Å². The van der Waals surface area contributed by atoms with Crippen LogP contribution in [0.3, 0.4) is 0 Å². The Labute approximate surface area is 155 Å². The van der Waals surface area contributed by atoms with Gasteiger partial charge in [0.2, 0.25) is 0 Å². The van der Waals surface area contributed by atoms with Crippen LogP contribution in [0.4, 0.5) is 0 Å². The second-order valence-electron chi connectivity index (χ2n) is 5.43. The molecule has 1 aliphatic rings. The van der Waals surface area contributed by atoms with Crippen molar-refractivity contribution in [3.05, 3.63) is 33.1 Å². The van der Waals surface area contributed by atoms with Gasteiger partial charge in [0.15, 0.2) is 0 Å². The lowest BCUT2D eigenvalue weighted by molar-refractivity contribution is -0.0267. The van der Waals surface area contributed by atoms with Gasteiger partial charge in [-0.15, -0.1) is 0 Å². The van der Waals surface area contributed by atoms with Gasteiger partial charge in [-0.2, -0.15) is 8.62 Å². The molecule has 1 fully saturated rings. The molecule has 0 saturated carbocycles. The lowest BCUT2D eigenvalue weighted by atomic mass is 10.1. The topological polar surface area (TPSA) is 250 Å². The Bertz CT molecular complexity index is 968. The summed E-state index contributed by atoms with van der Waals surface area (Å²) in [7, 11) is -16.5. The minimum Gasteiger partial charge on any atom is -0.351 e. The molecule has 0 radical (unpaired) electrons. The average Bonchev–Trinajstić information content (AvgIpc) is 2.82. The lowest BCUT2D eigenvalue weighted by Crippen LogP contribution is -2.33. The highest BCUT2D eigenvalue weighted by Crippen LogP contribution is 2.66. The monoisotopic (exact) mass is 467 g/mol. The molecule has 7 N–H and O–H groups in total. The quantitative estimate of drug-likeness (QED) is 0.238. The van der Waals surface area contributed by atoms with Crippen molar-refractivity contribution in [1.82, 2.24) is 9.55 Å². The number of rotatable bonds is 8. The van der Waals surface area contributed by atoms with Gasteiger partial charge in [0, 0.05) is 24.7 Å². The van der Waals surface area contributed by atoms with Crippen molar-refractivity contribution in [2.24, 2.45) is 5.73 Å². The van der Waals surface area contributed by atoms with E-state index >= 15 is 0 Å². The summed E-state index contributed by atoms with van der Waals surface area (Å²) >= 11 is 0. The molecule has 1 aromatic heterocycles. The molecule has 160 valence electrons. The highest BCUT2D eigenvalue weighted by atomic mass is 31.3. The molecule has 1 saturated heterocycles.